The van der Waals surface area contributed by atoms with Crippen LogP contribution in [0.5, 0.6) is 0 Å². The average Bonchev–Trinajstić information content (AvgIpc) is 2.60. The van der Waals surface area contributed by atoms with Gasteiger partial charge in [0, 0.05) is 37.4 Å². The second kappa shape index (κ2) is 8.65. The summed E-state index contributed by atoms with van der Waals surface area (Å²) in [6, 6.07) is 6.53. The molecule has 0 aromatic heterocycles. The van der Waals surface area contributed by atoms with Gasteiger partial charge in [0.2, 0.25) is 11.8 Å². The van der Waals surface area contributed by atoms with E-state index in [-0.39, 0.29) is 29.0 Å². The number of hydrogen-bond donors (Lipinski definition) is 1. The second-order valence-corrected chi connectivity index (χ2v) is 8.30. The topological polar surface area (TPSA) is 49.4 Å². The molecule has 4 nitrogen and oxygen atoms in total. The number of carbonyl (C=O) groups is 2. The molecule has 1 aromatic rings. The van der Waals surface area contributed by atoms with Crippen molar-refractivity contribution in [2.45, 2.75) is 52.4 Å². The highest BCUT2D eigenvalue weighted by molar-refractivity contribution is 5.78. The third-order valence-corrected chi connectivity index (χ3v) is 5.23. The fourth-order valence-electron chi connectivity index (χ4n) is 3.39. The van der Waals surface area contributed by atoms with Crippen molar-refractivity contribution in [1.82, 2.24) is 10.2 Å². The molecule has 0 unspecified atom stereocenters. The van der Waals surface area contributed by atoms with Gasteiger partial charge in [0.05, 0.1) is 0 Å². The number of carbonyl (C=O) groups excluding carboxylic acids is 2. The van der Waals surface area contributed by atoms with Crippen molar-refractivity contribution in [3.63, 3.8) is 0 Å². The number of amides is 2. The monoisotopic (exact) mass is 362 g/mol. The van der Waals surface area contributed by atoms with Crippen molar-refractivity contribution in [3.05, 3.63) is 35.6 Å². The van der Waals surface area contributed by atoms with E-state index in [4.69, 9.17) is 0 Å². The molecular formula is C21H31FN2O2. The van der Waals surface area contributed by atoms with E-state index in [0.717, 1.165) is 31.5 Å². The summed E-state index contributed by atoms with van der Waals surface area (Å²) in [6.45, 7) is 9.79. The van der Waals surface area contributed by atoms with Crippen LogP contribution in [0.1, 0.15) is 52.5 Å². The Labute approximate surface area is 156 Å². The maximum atomic E-state index is 13.4. The van der Waals surface area contributed by atoms with Crippen LogP contribution in [0.3, 0.4) is 0 Å². The van der Waals surface area contributed by atoms with E-state index in [1.54, 1.807) is 6.07 Å². The first-order valence-corrected chi connectivity index (χ1v) is 9.50. The van der Waals surface area contributed by atoms with Crippen molar-refractivity contribution in [2.75, 3.05) is 19.6 Å². The van der Waals surface area contributed by atoms with Crippen LogP contribution in [-0.4, -0.2) is 36.3 Å². The van der Waals surface area contributed by atoms with E-state index in [9.17, 15) is 14.0 Å². The Bertz CT molecular complexity index is 635. The Morgan fingerprint density at radius 2 is 1.92 bits per heavy atom. The zero-order valence-corrected chi connectivity index (χ0v) is 16.3. The SMILES string of the molecule is CC(C)C(=O)N1CCC(CC(=O)NCC(C)(C)c2cccc(F)c2)CC1. The number of likely N-dealkylation sites (tertiary alicyclic amines) is 1. The number of halogens is 1. The summed E-state index contributed by atoms with van der Waals surface area (Å²) in [5, 5.41) is 3.00. The number of benzene rings is 1. The van der Waals surface area contributed by atoms with Gasteiger partial charge in [0.15, 0.2) is 0 Å². The summed E-state index contributed by atoms with van der Waals surface area (Å²) in [4.78, 5) is 26.2. The van der Waals surface area contributed by atoms with E-state index >= 15 is 0 Å². The minimum Gasteiger partial charge on any atom is -0.355 e. The van der Waals surface area contributed by atoms with Crippen molar-refractivity contribution >= 4 is 11.8 Å². The number of rotatable bonds is 6. The van der Waals surface area contributed by atoms with E-state index in [1.807, 2.05) is 38.7 Å². The fourth-order valence-corrected chi connectivity index (χ4v) is 3.39. The summed E-state index contributed by atoms with van der Waals surface area (Å²) in [5.74, 6) is 0.320. The fraction of sp³-hybridized carbons (Fsp3) is 0.619. The van der Waals surface area contributed by atoms with E-state index < -0.39 is 0 Å². The van der Waals surface area contributed by atoms with E-state index in [2.05, 4.69) is 5.32 Å². The van der Waals surface area contributed by atoms with Gasteiger partial charge < -0.3 is 10.2 Å². The van der Waals surface area contributed by atoms with Crippen LogP contribution < -0.4 is 5.32 Å². The zero-order chi connectivity index (χ0) is 19.3. The summed E-state index contributed by atoms with van der Waals surface area (Å²) in [7, 11) is 0. The quantitative estimate of drug-likeness (QED) is 0.842. The smallest absolute Gasteiger partial charge is 0.225 e. The Morgan fingerprint density at radius 3 is 2.50 bits per heavy atom. The molecule has 0 atom stereocenters. The highest BCUT2D eigenvalue weighted by atomic mass is 19.1. The van der Waals surface area contributed by atoms with Crippen molar-refractivity contribution in [1.29, 1.82) is 0 Å². The lowest BCUT2D eigenvalue weighted by molar-refractivity contribution is -0.136. The van der Waals surface area contributed by atoms with Crippen LogP contribution in [-0.2, 0) is 15.0 Å². The first kappa shape index (κ1) is 20.4. The van der Waals surface area contributed by atoms with Crippen molar-refractivity contribution < 1.29 is 14.0 Å². The van der Waals surface area contributed by atoms with Gasteiger partial charge in [-0.3, -0.25) is 9.59 Å². The molecular weight excluding hydrogens is 331 g/mol. The minimum absolute atomic E-state index is 0.0277. The second-order valence-electron chi connectivity index (χ2n) is 8.30. The largest absolute Gasteiger partial charge is 0.355 e. The van der Waals surface area contributed by atoms with Gasteiger partial charge in [0.25, 0.3) is 0 Å². The minimum atomic E-state index is -0.329. The summed E-state index contributed by atoms with van der Waals surface area (Å²) >= 11 is 0. The van der Waals surface area contributed by atoms with Crippen LogP contribution in [0.15, 0.2) is 24.3 Å². The predicted molar refractivity (Wildman–Crippen MR) is 101 cm³/mol. The maximum Gasteiger partial charge on any atom is 0.225 e. The maximum absolute atomic E-state index is 13.4. The highest BCUT2D eigenvalue weighted by Crippen LogP contribution is 2.24. The van der Waals surface area contributed by atoms with E-state index in [0.29, 0.717) is 18.9 Å². The molecule has 0 bridgehead atoms. The highest BCUT2D eigenvalue weighted by Gasteiger charge is 2.27. The molecule has 0 radical (unpaired) electrons. The standard InChI is InChI=1S/C21H31FN2O2/c1-15(2)20(26)24-10-8-16(9-11-24)12-19(25)23-14-21(3,4)17-6-5-7-18(22)13-17/h5-7,13,15-16H,8-12,14H2,1-4H3,(H,23,25). The van der Waals surface area contributed by atoms with Gasteiger partial charge in [-0.1, -0.05) is 39.8 Å². The molecule has 1 aromatic carbocycles. The third kappa shape index (κ3) is 5.55. The summed E-state index contributed by atoms with van der Waals surface area (Å²) in [6.07, 6.45) is 2.24. The predicted octanol–water partition coefficient (Wildman–Crippen LogP) is 3.50. The van der Waals surface area contributed by atoms with Crippen LogP contribution in [0.2, 0.25) is 0 Å². The van der Waals surface area contributed by atoms with Crippen LogP contribution in [0, 0.1) is 17.7 Å². The lowest BCUT2D eigenvalue weighted by Crippen LogP contribution is -2.42. The van der Waals surface area contributed by atoms with Gasteiger partial charge in [0.1, 0.15) is 5.82 Å². The van der Waals surface area contributed by atoms with Gasteiger partial charge in [-0.15, -0.1) is 0 Å². The number of nitrogens with one attached hydrogen (secondary N) is 1. The van der Waals surface area contributed by atoms with Crippen LogP contribution >= 0.6 is 0 Å². The van der Waals surface area contributed by atoms with Crippen molar-refractivity contribution in [3.8, 4) is 0 Å². The molecule has 1 saturated heterocycles. The molecule has 1 N–H and O–H groups in total. The Hall–Kier alpha value is -1.91. The molecule has 0 saturated carbocycles. The van der Waals surface area contributed by atoms with E-state index in [1.165, 1.54) is 12.1 Å². The molecule has 5 heteroatoms. The molecule has 1 heterocycles. The molecule has 144 valence electrons. The molecule has 26 heavy (non-hydrogen) atoms. The Balaban J connectivity index is 1.78. The summed E-state index contributed by atoms with van der Waals surface area (Å²) < 4.78 is 13.4. The van der Waals surface area contributed by atoms with Gasteiger partial charge >= 0.3 is 0 Å². The molecule has 1 aliphatic heterocycles. The molecule has 1 aliphatic rings. The first-order valence-electron chi connectivity index (χ1n) is 9.50. The number of nitrogens with zero attached hydrogens (tertiary/aromatic N) is 1. The lowest BCUT2D eigenvalue weighted by atomic mass is 9.84. The van der Waals surface area contributed by atoms with Gasteiger partial charge in [-0.25, -0.2) is 4.39 Å². The van der Waals surface area contributed by atoms with Gasteiger partial charge in [-0.05, 0) is 36.5 Å². The van der Waals surface area contributed by atoms with Crippen molar-refractivity contribution in [2.24, 2.45) is 11.8 Å². The normalized spacial score (nSPS) is 16.0. The van der Waals surface area contributed by atoms with Gasteiger partial charge in [-0.2, -0.15) is 0 Å². The molecule has 2 rings (SSSR count). The molecule has 0 spiro atoms. The molecule has 0 aliphatic carbocycles. The lowest BCUT2D eigenvalue weighted by Gasteiger charge is -2.33. The molecule has 1 fully saturated rings. The number of piperidine rings is 1. The first-order chi connectivity index (χ1) is 12.2. The third-order valence-electron chi connectivity index (χ3n) is 5.23. The number of hydrogen-bond acceptors (Lipinski definition) is 2. The average molecular weight is 362 g/mol. The Kier molecular flexibility index (Phi) is 6.79. The van der Waals surface area contributed by atoms with Crippen LogP contribution in [0.25, 0.3) is 0 Å². The zero-order valence-electron chi connectivity index (χ0n) is 16.3. The summed E-state index contributed by atoms with van der Waals surface area (Å²) in [5.41, 5.74) is 0.545. The van der Waals surface area contributed by atoms with Crippen LogP contribution in [0.4, 0.5) is 4.39 Å². The molecule has 2 amide bonds. The Morgan fingerprint density at radius 1 is 1.27 bits per heavy atom.